The number of amides is 5. The molecule has 0 radical (unpaired) electrons. The maximum atomic E-state index is 13.9. The van der Waals surface area contributed by atoms with E-state index < -0.39 is 216 Å². The Morgan fingerprint density at radius 1 is 0.455 bits per heavy atom. The number of aliphatic hydroxyl groups is 12. The van der Waals surface area contributed by atoms with Gasteiger partial charge in [0.1, 0.15) is 128 Å². The SMILES string of the molecule is CCCCCCC#CCCCOc1cccc(C(=O)N[C@@H]2C(O[C@H]3C(O)C(NC(C)=O)[C@H](OC4C(CO)O[C@@H](O[C@H]5C(O)C(NC(C)=O)C(OC6C(CO)OC(O)[C@@H](NC(C)=O)[C@@H]6O)O[C@H]5CO)[C@@H](NC(C)=O)[C@@H]4O)O[C@H]3CO)OC(CO)[C@@H](O)[C@@H]2O)c1. The molecule has 5 amide bonds. The van der Waals surface area contributed by atoms with E-state index in [4.69, 9.17) is 47.4 Å². The minimum Gasteiger partial charge on any atom is -0.494 e. The molecule has 5 saturated heterocycles. The molecule has 17 N–H and O–H groups in total. The van der Waals surface area contributed by atoms with Crippen LogP contribution in [-0.2, 0) is 61.8 Å². The lowest BCUT2D eigenvalue weighted by Gasteiger charge is -2.51. The summed E-state index contributed by atoms with van der Waals surface area (Å²) in [6, 6.07) is -2.26. The third-order valence-corrected chi connectivity index (χ3v) is 15.3. The number of rotatable bonds is 27. The first-order valence-corrected chi connectivity index (χ1v) is 29.3. The largest absolute Gasteiger partial charge is 0.494 e. The summed E-state index contributed by atoms with van der Waals surface area (Å²) in [6.45, 7) is 1.92. The Kier molecular flexibility index (Phi) is 28.3. The standard InChI is InChI=1S/C56H87N5O27/c1-6-7-8-9-10-11-12-13-14-18-79-30-17-15-16-29(19-30)51(77)61-37-42(72)41(71)31(20-62)81-53(37)86-48-33(22-64)83-55(39(44(48)74)59-27(4)69)88-50-35(24-66)84-56(40(46(50)76)60-28(5)70)87-49-34(23-65)82-54(38(45(49)75)58-26(3)68)85-47-32(21-63)80-52(78)36(43(47)73)57-25(2)67/h15-17,19,31-50,52-56,62-66,71-76,78H,6-10,13-14,18,20-24H2,1-5H3,(H,57,67)(H,58,68)(H,59,69)(H,60,70)(H,61,77)/t31?,32?,33-,34-,35?,36-,37-,38?,39?,40-,41+,42+,43-,44?,45?,46-,47?,48+,49+,50?,52?,53?,54?,55-,56-/m0/s1. The summed E-state index contributed by atoms with van der Waals surface area (Å²) in [4.78, 5) is 64.1. The van der Waals surface area contributed by atoms with Gasteiger partial charge >= 0.3 is 0 Å². The lowest BCUT2D eigenvalue weighted by Crippen LogP contribution is -2.72. The summed E-state index contributed by atoms with van der Waals surface area (Å²) in [7, 11) is 0. The Morgan fingerprint density at radius 3 is 1.24 bits per heavy atom. The molecular weight excluding hydrogens is 1170 g/mol. The quantitative estimate of drug-likeness (QED) is 0.0288. The van der Waals surface area contributed by atoms with Gasteiger partial charge in [0.25, 0.3) is 5.91 Å². The zero-order valence-electron chi connectivity index (χ0n) is 49.4. The Balaban J connectivity index is 1.18. The molecule has 0 aliphatic carbocycles. The number of carbonyl (C=O) groups is 5. The molecule has 498 valence electrons. The van der Waals surface area contributed by atoms with Crippen molar-refractivity contribution >= 4 is 29.5 Å². The predicted molar refractivity (Wildman–Crippen MR) is 296 cm³/mol. The fourth-order valence-electron chi connectivity index (χ4n) is 11.0. The van der Waals surface area contributed by atoms with Crippen LogP contribution in [0.25, 0.3) is 0 Å². The summed E-state index contributed by atoms with van der Waals surface area (Å²) < 4.78 is 59.8. The molecule has 5 aliphatic heterocycles. The van der Waals surface area contributed by atoms with E-state index in [9.17, 15) is 85.3 Å². The number of aliphatic hydroxyl groups excluding tert-OH is 12. The van der Waals surface area contributed by atoms with E-state index in [0.717, 1.165) is 53.4 Å². The highest BCUT2D eigenvalue weighted by Gasteiger charge is 2.58. The van der Waals surface area contributed by atoms with E-state index in [-0.39, 0.29) is 5.56 Å². The molecular formula is C56H87N5O27. The Labute approximate surface area is 507 Å². The van der Waals surface area contributed by atoms with E-state index in [0.29, 0.717) is 25.2 Å². The van der Waals surface area contributed by atoms with Crippen LogP contribution in [-0.4, -0.2) is 284 Å². The molecule has 32 nitrogen and oxygen atoms in total. The van der Waals surface area contributed by atoms with Crippen LogP contribution in [0.15, 0.2) is 24.3 Å². The number of unbranched alkanes of at least 4 members (excludes halogenated alkanes) is 5. The molecule has 88 heavy (non-hydrogen) atoms. The van der Waals surface area contributed by atoms with Crippen molar-refractivity contribution in [2.45, 2.75) is 233 Å². The van der Waals surface area contributed by atoms with E-state index in [1.54, 1.807) is 12.1 Å². The zero-order chi connectivity index (χ0) is 64.5. The Bertz CT molecular complexity index is 2460. The molecule has 1 aromatic carbocycles. The third kappa shape index (κ3) is 18.6. The maximum Gasteiger partial charge on any atom is 0.251 e. The van der Waals surface area contributed by atoms with Gasteiger partial charge in [-0.15, -0.1) is 11.8 Å². The van der Waals surface area contributed by atoms with Crippen molar-refractivity contribution in [3.05, 3.63) is 29.8 Å². The van der Waals surface area contributed by atoms with E-state index in [1.165, 1.54) is 18.6 Å². The van der Waals surface area contributed by atoms with Gasteiger partial charge in [0.2, 0.25) is 23.6 Å². The van der Waals surface area contributed by atoms with Crippen LogP contribution in [0.5, 0.6) is 5.75 Å². The summed E-state index contributed by atoms with van der Waals surface area (Å²) in [5, 5.41) is 145. The highest BCUT2D eigenvalue weighted by atomic mass is 16.8. The first-order valence-electron chi connectivity index (χ1n) is 29.3. The number of hydrogen-bond donors (Lipinski definition) is 17. The van der Waals surface area contributed by atoms with Crippen LogP contribution in [0.2, 0.25) is 0 Å². The van der Waals surface area contributed by atoms with Crippen molar-refractivity contribution in [1.29, 1.82) is 0 Å². The molecule has 25 atom stereocenters. The molecule has 1 aromatic rings. The van der Waals surface area contributed by atoms with E-state index >= 15 is 0 Å². The molecule has 5 heterocycles. The van der Waals surface area contributed by atoms with Gasteiger partial charge in [-0.1, -0.05) is 32.3 Å². The Hall–Kier alpha value is -4.91. The number of benzene rings is 1. The third-order valence-electron chi connectivity index (χ3n) is 15.3. The summed E-state index contributed by atoms with van der Waals surface area (Å²) in [6.07, 6.45) is -29.4. The normalized spacial score (nSPS) is 37.5. The highest BCUT2D eigenvalue weighted by molar-refractivity contribution is 5.94. The van der Waals surface area contributed by atoms with E-state index in [1.807, 2.05) is 0 Å². The monoisotopic (exact) mass is 1260 g/mol. The first-order chi connectivity index (χ1) is 42.0. The lowest BCUT2D eigenvalue weighted by atomic mass is 9.93. The van der Waals surface area contributed by atoms with Gasteiger partial charge < -0.3 is 135 Å². The van der Waals surface area contributed by atoms with Gasteiger partial charge in [-0.25, -0.2) is 0 Å². The fraction of sp³-hybridized carbons (Fsp3) is 0.768. The molecule has 0 spiro atoms. The maximum absolute atomic E-state index is 13.9. The van der Waals surface area contributed by atoms with Crippen molar-refractivity contribution in [3.63, 3.8) is 0 Å². The molecule has 5 aliphatic rings. The highest BCUT2D eigenvalue weighted by Crippen LogP contribution is 2.36. The number of carbonyl (C=O) groups excluding carboxylic acids is 5. The van der Waals surface area contributed by atoms with Crippen molar-refractivity contribution in [1.82, 2.24) is 26.6 Å². The Morgan fingerprint density at radius 2 is 0.830 bits per heavy atom. The second-order valence-corrected chi connectivity index (χ2v) is 22.0. The summed E-state index contributed by atoms with van der Waals surface area (Å²) in [5.74, 6) is 2.72. The second kappa shape index (κ2) is 34.5. The fourth-order valence-corrected chi connectivity index (χ4v) is 11.0. The second-order valence-electron chi connectivity index (χ2n) is 22.0. The van der Waals surface area contributed by atoms with Crippen LogP contribution in [0.1, 0.15) is 89.9 Å². The minimum atomic E-state index is -2.03. The van der Waals surface area contributed by atoms with Crippen molar-refractivity contribution in [3.8, 4) is 17.6 Å². The average molecular weight is 1260 g/mol. The molecule has 32 heteroatoms. The number of hydrogen-bond acceptors (Lipinski definition) is 27. The minimum absolute atomic E-state index is 0.0436. The van der Waals surface area contributed by atoms with Crippen LogP contribution in [0, 0.1) is 11.8 Å². The zero-order valence-corrected chi connectivity index (χ0v) is 49.4. The molecule has 5 fully saturated rings. The van der Waals surface area contributed by atoms with Gasteiger partial charge in [0.05, 0.1) is 39.6 Å². The molecule has 6 rings (SSSR count). The van der Waals surface area contributed by atoms with Gasteiger partial charge in [0, 0.05) is 46.1 Å². The molecule has 0 aromatic heterocycles. The lowest BCUT2D eigenvalue weighted by molar-refractivity contribution is -0.367. The molecule has 12 unspecified atom stereocenters. The van der Waals surface area contributed by atoms with Gasteiger partial charge in [-0.3, -0.25) is 24.0 Å². The van der Waals surface area contributed by atoms with Gasteiger partial charge in [-0.2, -0.15) is 0 Å². The first kappa shape index (κ1) is 72.2. The summed E-state index contributed by atoms with van der Waals surface area (Å²) in [5.41, 5.74) is 0.0436. The number of ether oxygens (including phenoxy) is 10. The van der Waals surface area contributed by atoms with Crippen molar-refractivity contribution < 1.29 is 133 Å². The molecule has 0 saturated carbocycles. The van der Waals surface area contributed by atoms with Gasteiger partial charge in [0.15, 0.2) is 31.5 Å². The molecule has 0 bridgehead atoms. The number of nitrogens with one attached hydrogen (secondary N) is 5. The topological polar surface area (TPSA) is 481 Å². The predicted octanol–water partition coefficient (Wildman–Crippen LogP) is -6.78. The van der Waals surface area contributed by atoms with Crippen molar-refractivity contribution in [2.75, 3.05) is 39.6 Å². The van der Waals surface area contributed by atoms with Crippen molar-refractivity contribution in [2.24, 2.45) is 0 Å². The van der Waals surface area contributed by atoms with E-state index in [2.05, 4.69) is 45.3 Å². The van der Waals surface area contributed by atoms with Gasteiger partial charge in [-0.05, 0) is 31.0 Å². The van der Waals surface area contributed by atoms with Crippen LogP contribution in [0.4, 0.5) is 0 Å². The summed E-state index contributed by atoms with van der Waals surface area (Å²) >= 11 is 0. The van der Waals surface area contributed by atoms with Crippen LogP contribution >= 0.6 is 0 Å². The van der Waals surface area contributed by atoms with Crippen LogP contribution in [0.3, 0.4) is 0 Å². The van der Waals surface area contributed by atoms with Crippen LogP contribution < -0.4 is 31.3 Å². The smallest absolute Gasteiger partial charge is 0.251 e. The average Bonchev–Trinajstić information content (AvgIpc) is 1.44.